The molecule has 0 heterocycles. The Hall–Kier alpha value is -4.81. The number of nitrogens with zero attached hydrogens (tertiary/aromatic N) is 1. The number of anilines is 1. The summed E-state index contributed by atoms with van der Waals surface area (Å²) in [6.07, 6.45) is 0.668. The molecule has 11 nitrogen and oxygen atoms in total. The number of carbonyl (C=O) groups is 3. The molecule has 0 aliphatic carbocycles. The van der Waals surface area contributed by atoms with Gasteiger partial charge in [-0.1, -0.05) is 68.5 Å². The minimum absolute atomic E-state index is 0.0132. The molecule has 3 rings (SSSR count). The summed E-state index contributed by atoms with van der Waals surface area (Å²) in [4.78, 5) is 39.2. The standard InChI is InChI=1S/C30H33N5O6S/c1-4-15-33-30(38)41-27(31)23-12-8-9-21(16-23)19-35(18-20(2)3)29(37)28(36)34-24-13-14-25(22-10-6-5-7-11-22)26(17-24)42(32,39)40/h4-14,16-17,20,31H,1,15,18-19H2,2-3H3,(H,33,38)(H,34,36)(H2,32,39,40). The molecule has 0 aliphatic heterocycles. The van der Waals surface area contributed by atoms with E-state index in [0.717, 1.165) is 0 Å². The molecule has 0 atom stereocenters. The van der Waals surface area contributed by atoms with Crippen LogP contribution < -0.4 is 15.8 Å². The van der Waals surface area contributed by atoms with Crippen molar-refractivity contribution in [1.29, 1.82) is 5.41 Å². The SMILES string of the molecule is C=CCNC(=O)OC(=N)c1cccc(CN(CC(C)C)C(=O)C(=O)Nc2ccc(-c3ccccc3)c(S(N)(=O)=O)c2)c1. The zero-order valence-corrected chi connectivity index (χ0v) is 24.1. The van der Waals surface area contributed by atoms with E-state index < -0.39 is 27.9 Å². The highest BCUT2D eigenvalue weighted by molar-refractivity contribution is 7.89. The fourth-order valence-electron chi connectivity index (χ4n) is 4.05. The molecule has 0 bridgehead atoms. The van der Waals surface area contributed by atoms with Gasteiger partial charge in [0.1, 0.15) is 0 Å². The third-order valence-electron chi connectivity index (χ3n) is 5.85. The lowest BCUT2D eigenvalue weighted by atomic mass is 10.1. The molecule has 12 heteroatoms. The third kappa shape index (κ3) is 8.85. The second kappa shape index (κ2) is 14.2. The summed E-state index contributed by atoms with van der Waals surface area (Å²) >= 11 is 0. The zero-order valence-electron chi connectivity index (χ0n) is 23.3. The topological polar surface area (TPSA) is 172 Å². The van der Waals surface area contributed by atoms with E-state index in [1.807, 2.05) is 13.8 Å². The monoisotopic (exact) mass is 591 g/mol. The molecule has 3 aromatic carbocycles. The Balaban J connectivity index is 1.80. The van der Waals surface area contributed by atoms with Crippen LogP contribution in [-0.4, -0.2) is 50.2 Å². The number of primary sulfonamides is 1. The Kier molecular flexibility index (Phi) is 10.7. The number of sulfonamides is 1. The molecule has 0 radical (unpaired) electrons. The first-order chi connectivity index (χ1) is 19.9. The van der Waals surface area contributed by atoms with Crippen LogP contribution in [0.3, 0.4) is 0 Å². The lowest BCUT2D eigenvalue weighted by Gasteiger charge is -2.24. The summed E-state index contributed by atoms with van der Waals surface area (Å²) in [5.74, 6) is -2.18. The van der Waals surface area contributed by atoms with Gasteiger partial charge < -0.3 is 20.3 Å². The molecule has 0 spiro atoms. The van der Waals surface area contributed by atoms with Gasteiger partial charge in [0.05, 0.1) is 4.90 Å². The Labute approximate surface area is 244 Å². The number of nitrogens with two attached hydrogens (primary N) is 1. The average molecular weight is 592 g/mol. The van der Waals surface area contributed by atoms with E-state index in [4.69, 9.17) is 15.3 Å². The number of carbonyl (C=O) groups excluding carboxylic acids is 3. The Morgan fingerprint density at radius 3 is 2.40 bits per heavy atom. The van der Waals surface area contributed by atoms with Crippen molar-refractivity contribution < 1.29 is 27.5 Å². The van der Waals surface area contributed by atoms with Crippen LogP contribution in [0.25, 0.3) is 11.1 Å². The number of rotatable bonds is 10. The van der Waals surface area contributed by atoms with E-state index in [1.165, 1.54) is 29.2 Å². The fourth-order valence-corrected chi connectivity index (χ4v) is 4.84. The quantitative estimate of drug-likeness (QED) is 0.121. The number of benzene rings is 3. The van der Waals surface area contributed by atoms with Gasteiger partial charge in [-0.25, -0.2) is 18.4 Å². The minimum Gasteiger partial charge on any atom is -0.391 e. The number of hydrogen-bond donors (Lipinski definition) is 4. The van der Waals surface area contributed by atoms with Crippen molar-refractivity contribution in [3.63, 3.8) is 0 Å². The van der Waals surface area contributed by atoms with Gasteiger partial charge in [0.2, 0.25) is 15.9 Å². The van der Waals surface area contributed by atoms with Crippen LogP contribution in [0.15, 0.2) is 90.3 Å². The molecule has 3 aromatic rings. The normalized spacial score (nSPS) is 11.0. The molecule has 0 aromatic heterocycles. The first-order valence-electron chi connectivity index (χ1n) is 13.0. The minimum atomic E-state index is -4.16. The zero-order chi connectivity index (χ0) is 30.9. The van der Waals surface area contributed by atoms with E-state index in [9.17, 15) is 22.8 Å². The molecule has 5 N–H and O–H groups in total. The predicted octanol–water partition coefficient (Wildman–Crippen LogP) is 3.86. The number of hydrogen-bond acceptors (Lipinski definition) is 7. The van der Waals surface area contributed by atoms with E-state index in [0.29, 0.717) is 22.3 Å². The molecule has 0 aliphatic rings. The van der Waals surface area contributed by atoms with Gasteiger partial charge in [0.15, 0.2) is 0 Å². The third-order valence-corrected chi connectivity index (χ3v) is 6.80. The van der Waals surface area contributed by atoms with Crippen molar-refractivity contribution in [3.05, 3.63) is 96.6 Å². The molecule has 0 saturated heterocycles. The lowest BCUT2D eigenvalue weighted by molar-refractivity contribution is -0.143. The second-order valence-corrected chi connectivity index (χ2v) is 11.3. The van der Waals surface area contributed by atoms with Crippen molar-refractivity contribution in [1.82, 2.24) is 10.2 Å². The summed E-state index contributed by atoms with van der Waals surface area (Å²) in [7, 11) is -4.16. The van der Waals surface area contributed by atoms with E-state index in [2.05, 4.69) is 17.2 Å². The van der Waals surface area contributed by atoms with Gasteiger partial charge in [-0.05, 0) is 41.3 Å². The van der Waals surface area contributed by atoms with Crippen molar-refractivity contribution in [3.8, 4) is 11.1 Å². The van der Waals surface area contributed by atoms with Crippen LogP contribution in [0.5, 0.6) is 0 Å². The number of amides is 3. The molecule has 0 fully saturated rings. The predicted molar refractivity (Wildman–Crippen MR) is 160 cm³/mol. The van der Waals surface area contributed by atoms with Crippen LogP contribution in [0.2, 0.25) is 0 Å². The fraction of sp³-hybridized carbons (Fsp3) is 0.200. The summed E-state index contributed by atoms with van der Waals surface area (Å²) in [6.45, 7) is 7.73. The van der Waals surface area contributed by atoms with Crippen molar-refractivity contribution in [2.24, 2.45) is 11.1 Å². The molecular weight excluding hydrogens is 558 g/mol. The van der Waals surface area contributed by atoms with Gasteiger partial charge in [0.25, 0.3) is 0 Å². The van der Waals surface area contributed by atoms with Gasteiger partial charge >= 0.3 is 17.9 Å². The van der Waals surface area contributed by atoms with Crippen molar-refractivity contribution >= 4 is 39.5 Å². The van der Waals surface area contributed by atoms with E-state index >= 15 is 0 Å². The summed E-state index contributed by atoms with van der Waals surface area (Å²) in [6, 6.07) is 19.5. The van der Waals surface area contributed by atoms with Gasteiger partial charge in [-0.3, -0.25) is 15.0 Å². The maximum Gasteiger partial charge on any atom is 0.414 e. The molecule has 0 unspecified atom stereocenters. The first-order valence-corrected chi connectivity index (χ1v) is 14.5. The molecular formula is C30H33N5O6S. The molecule has 220 valence electrons. The number of ether oxygens (including phenoxy) is 1. The van der Waals surface area contributed by atoms with Crippen LogP contribution in [-0.2, 0) is 30.9 Å². The van der Waals surface area contributed by atoms with Gasteiger partial charge in [-0.15, -0.1) is 6.58 Å². The Bertz CT molecular complexity index is 1590. The summed E-state index contributed by atoms with van der Waals surface area (Å²) < 4.78 is 29.7. The lowest BCUT2D eigenvalue weighted by Crippen LogP contribution is -2.41. The molecule has 3 amide bonds. The largest absolute Gasteiger partial charge is 0.414 e. The molecule has 42 heavy (non-hydrogen) atoms. The van der Waals surface area contributed by atoms with Crippen molar-refractivity contribution in [2.45, 2.75) is 25.3 Å². The molecule has 0 saturated carbocycles. The summed E-state index contributed by atoms with van der Waals surface area (Å²) in [5, 5.41) is 18.4. The number of alkyl carbamates (subject to hydrolysis) is 1. The first kappa shape index (κ1) is 31.7. The van der Waals surface area contributed by atoms with Crippen LogP contribution in [0, 0.1) is 11.3 Å². The van der Waals surface area contributed by atoms with Crippen LogP contribution in [0.1, 0.15) is 25.0 Å². The van der Waals surface area contributed by atoms with E-state index in [1.54, 1.807) is 54.6 Å². The number of nitrogens with one attached hydrogen (secondary N) is 3. The average Bonchev–Trinajstić information content (AvgIpc) is 2.95. The second-order valence-electron chi connectivity index (χ2n) is 9.74. The maximum atomic E-state index is 13.3. The van der Waals surface area contributed by atoms with Gasteiger partial charge in [-0.2, -0.15) is 0 Å². The maximum absolute atomic E-state index is 13.3. The van der Waals surface area contributed by atoms with Crippen LogP contribution in [0.4, 0.5) is 10.5 Å². The van der Waals surface area contributed by atoms with E-state index in [-0.39, 0.29) is 42.0 Å². The smallest absolute Gasteiger partial charge is 0.391 e. The van der Waals surface area contributed by atoms with Crippen molar-refractivity contribution in [2.75, 3.05) is 18.4 Å². The Morgan fingerprint density at radius 2 is 1.76 bits per heavy atom. The highest BCUT2D eigenvalue weighted by Gasteiger charge is 2.25. The Morgan fingerprint density at radius 1 is 1.05 bits per heavy atom. The highest BCUT2D eigenvalue weighted by atomic mass is 32.2. The van der Waals surface area contributed by atoms with Gasteiger partial charge in [0, 0.05) is 36.4 Å². The van der Waals surface area contributed by atoms with Crippen LogP contribution >= 0.6 is 0 Å². The highest BCUT2D eigenvalue weighted by Crippen LogP contribution is 2.29. The summed E-state index contributed by atoms with van der Waals surface area (Å²) in [5.41, 5.74) is 1.96.